The molecule has 1 N–H and O–H groups in total. The van der Waals surface area contributed by atoms with Gasteiger partial charge >= 0.3 is 0 Å². The summed E-state index contributed by atoms with van der Waals surface area (Å²) in [5, 5.41) is 8.43. The monoisotopic (exact) mass is 367 g/mol. The molecule has 0 aliphatic rings. The summed E-state index contributed by atoms with van der Waals surface area (Å²) in [5.41, 5.74) is 1.23. The van der Waals surface area contributed by atoms with Gasteiger partial charge in [0.1, 0.15) is 6.54 Å². The fourth-order valence-electron chi connectivity index (χ4n) is 2.94. The molecule has 26 heavy (non-hydrogen) atoms. The Labute approximate surface area is 152 Å². The molecule has 4 aromatic rings. The quantitative estimate of drug-likeness (QED) is 0.598. The molecule has 3 aromatic heterocycles. The van der Waals surface area contributed by atoms with Crippen molar-refractivity contribution in [3.8, 4) is 0 Å². The Morgan fingerprint density at radius 2 is 1.96 bits per heavy atom. The molecule has 4 rings (SSSR count). The molecule has 0 aliphatic carbocycles. The van der Waals surface area contributed by atoms with Crippen LogP contribution in [0.15, 0.2) is 41.5 Å². The normalized spacial score (nSPS) is 11.3. The van der Waals surface area contributed by atoms with Crippen molar-refractivity contribution in [2.45, 2.75) is 26.9 Å². The van der Waals surface area contributed by atoms with Crippen molar-refractivity contribution in [2.75, 3.05) is 0 Å². The number of amides is 1. The minimum Gasteiger partial charge on any atom is -0.349 e. The summed E-state index contributed by atoms with van der Waals surface area (Å²) in [6.45, 7) is 4.05. The number of fused-ring (bicyclic) bond motifs is 2. The van der Waals surface area contributed by atoms with E-state index in [1.807, 2.05) is 42.8 Å². The Bertz CT molecular complexity index is 1160. The summed E-state index contributed by atoms with van der Waals surface area (Å²) in [4.78, 5) is 31.3. The topological polar surface area (TPSA) is 81.3 Å². The minimum absolute atomic E-state index is 0.119. The molecule has 0 saturated carbocycles. The van der Waals surface area contributed by atoms with E-state index in [0.29, 0.717) is 11.9 Å². The highest BCUT2D eigenvalue weighted by atomic mass is 32.1. The minimum atomic E-state index is -0.276. The largest absolute Gasteiger partial charge is 0.349 e. The molecule has 0 aliphatic heterocycles. The maximum atomic E-state index is 12.5. The predicted octanol–water partition coefficient (Wildman–Crippen LogP) is 2.04. The van der Waals surface area contributed by atoms with Gasteiger partial charge in [-0.1, -0.05) is 18.2 Å². The van der Waals surface area contributed by atoms with E-state index in [1.165, 1.54) is 9.56 Å². The van der Waals surface area contributed by atoms with Gasteiger partial charge in [0.25, 0.3) is 5.56 Å². The van der Waals surface area contributed by atoms with E-state index < -0.39 is 0 Å². The number of carbonyl (C=O) groups is 1. The van der Waals surface area contributed by atoms with Crippen LogP contribution >= 0.6 is 11.3 Å². The number of thiazole rings is 1. The fraction of sp³-hybridized carbons (Fsp3) is 0.222. The standard InChI is InChI=1S/C18H17N5O2S/c1-11-8-22-9-13(20-18(22)26-11)7-19-16(24)10-23-17(25)15-6-4-3-5-14(15)12(2)21-23/h3-6,8-9H,7,10H2,1-2H3,(H,19,24). The van der Waals surface area contributed by atoms with Gasteiger partial charge in [0.15, 0.2) is 4.96 Å². The summed E-state index contributed by atoms with van der Waals surface area (Å²) in [6.07, 6.45) is 3.89. The van der Waals surface area contributed by atoms with Crippen molar-refractivity contribution < 1.29 is 4.79 Å². The molecule has 0 spiro atoms. The second-order valence-corrected chi connectivity index (χ2v) is 7.35. The molecular formula is C18H17N5O2S. The number of imidazole rings is 1. The van der Waals surface area contributed by atoms with Crippen LogP contribution in [0, 0.1) is 13.8 Å². The van der Waals surface area contributed by atoms with Crippen LogP contribution in [-0.4, -0.2) is 25.1 Å². The predicted molar refractivity (Wildman–Crippen MR) is 100 cm³/mol. The van der Waals surface area contributed by atoms with Crippen LogP contribution in [0.4, 0.5) is 0 Å². The first-order valence-corrected chi connectivity index (χ1v) is 9.00. The Hall–Kier alpha value is -3.00. The van der Waals surface area contributed by atoms with E-state index in [4.69, 9.17) is 0 Å². The third kappa shape index (κ3) is 2.99. The van der Waals surface area contributed by atoms with Crippen molar-refractivity contribution in [2.24, 2.45) is 0 Å². The van der Waals surface area contributed by atoms with Gasteiger partial charge < -0.3 is 5.32 Å². The molecule has 1 aromatic carbocycles. The molecule has 8 heteroatoms. The van der Waals surface area contributed by atoms with Crippen LogP contribution < -0.4 is 10.9 Å². The number of nitrogens with zero attached hydrogens (tertiary/aromatic N) is 4. The summed E-state index contributed by atoms with van der Waals surface area (Å²) < 4.78 is 3.16. The van der Waals surface area contributed by atoms with Crippen molar-refractivity contribution in [3.05, 3.63) is 63.3 Å². The van der Waals surface area contributed by atoms with E-state index in [1.54, 1.807) is 23.5 Å². The SMILES string of the molecule is Cc1cn2cc(CNC(=O)Cn3nc(C)c4ccccc4c3=O)nc2s1. The Morgan fingerprint density at radius 3 is 2.73 bits per heavy atom. The van der Waals surface area contributed by atoms with Crippen LogP contribution in [0.2, 0.25) is 0 Å². The summed E-state index contributed by atoms with van der Waals surface area (Å²) in [7, 11) is 0. The maximum Gasteiger partial charge on any atom is 0.275 e. The van der Waals surface area contributed by atoms with Gasteiger partial charge in [-0.2, -0.15) is 5.10 Å². The summed E-state index contributed by atoms with van der Waals surface area (Å²) in [6, 6.07) is 7.28. The van der Waals surface area contributed by atoms with E-state index in [0.717, 1.165) is 21.7 Å². The van der Waals surface area contributed by atoms with Crippen molar-refractivity contribution >= 4 is 33.0 Å². The van der Waals surface area contributed by atoms with Gasteiger partial charge in [-0.3, -0.25) is 14.0 Å². The van der Waals surface area contributed by atoms with E-state index in [-0.39, 0.29) is 18.0 Å². The first-order valence-electron chi connectivity index (χ1n) is 8.18. The summed E-state index contributed by atoms with van der Waals surface area (Å²) >= 11 is 1.60. The lowest BCUT2D eigenvalue weighted by Crippen LogP contribution is -2.33. The number of nitrogens with one attached hydrogen (secondary N) is 1. The molecule has 0 fully saturated rings. The van der Waals surface area contributed by atoms with Gasteiger partial charge in [0.2, 0.25) is 5.91 Å². The van der Waals surface area contributed by atoms with E-state index in [2.05, 4.69) is 15.4 Å². The lowest BCUT2D eigenvalue weighted by atomic mass is 10.1. The number of aryl methyl sites for hydroxylation is 2. The zero-order valence-electron chi connectivity index (χ0n) is 14.4. The molecule has 0 radical (unpaired) electrons. The lowest BCUT2D eigenvalue weighted by molar-refractivity contribution is -0.122. The third-order valence-corrected chi connectivity index (χ3v) is 5.05. The zero-order chi connectivity index (χ0) is 18.3. The molecule has 7 nitrogen and oxygen atoms in total. The molecule has 1 amide bonds. The summed E-state index contributed by atoms with van der Waals surface area (Å²) in [5.74, 6) is -0.276. The highest BCUT2D eigenvalue weighted by Crippen LogP contribution is 2.16. The second-order valence-electron chi connectivity index (χ2n) is 6.13. The van der Waals surface area contributed by atoms with Crippen LogP contribution in [0.3, 0.4) is 0 Å². The van der Waals surface area contributed by atoms with Gasteiger partial charge in [-0.15, -0.1) is 11.3 Å². The average Bonchev–Trinajstić information content (AvgIpc) is 3.14. The third-order valence-electron chi connectivity index (χ3n) is 4.13. The Balaban J connectivity index is 1.49. The first-order chi connectivity index (χ1) is 12.5. The molecule has 0 saturated heterocycles. The molecule has 0 atom stereocenters. The van der Waals surface area contributed by atoms with Gasteiger partial charge in [-0.25, -0.2) is 9.67 Å². The van der Waals surface area contributed by atoms with Gasteiger partial charge in [0, 0.05) is 22.7 Å². The number of rotatable bonds is 4. The first kappa shape index (κ1) is 16.5. The Kier molecular flexibility index (Phi) is 4.04. The van der Waals surface area contributed by atoms with Crippen LogP contribution in [0.5, 0.6) is 0 Å². The number of aromatic nitrogens is 4. The lowest BCUT2D eigenvalue weighted by Gasteiger charge is -2.08. The van der Waals surface area contributed by atoms with Crippen LogP contribution in [0.1, 0.15) is 16.3 Å². The molecule has 0 unspecified atom stereocenters. The Morgan fingerprint density at radius 1 is 1.19 bits per heavy atom. The number of hydrogen-bond donors (Lipinski definition) is 1. The zero-order valence-corrected chi connectivity index (χ0v) is 15.2. The highest BCUT2D eigenvalue weighted by molar-refractivity contribution is 7.16. The molecule has 3 heterocycles. The van der Waals surface area contributed by atoms with E-state index in [9.17, 15) is 9.59 Å². The van der Waals surface area contributed by atoms with Crippen molar-refractivity contribution in [3.63, 3.8) is 0 Å². The van der Waals surface area contributed by atoms with Crippen LogP contribution in [-0.2, 0) is 17.9 Å². The second kappa shape index (κ2) is 6.38. The molecule has 132 valence electrons. The van der Waals surface area contributed by atoms with Gasteiger partial charge in [-0.05, 0) is 19.9 Å². The highest BCUT2D eigenvalue weighted by Gasteiger charge is 2.11. The van der Waals surface area contributed by atoms with Crippen LogP contribution in [0.25, 0.3) is 15.7 Å². The molecular weight excluding hydrogens is 350 g/mol. The number of carbonyl (C=O) groups excluding carboxylic acids is 1. The van der Waals surface area contributed by atoms with E-state index >= 15 is 0 Å². The number of benzene rings is 1. The fourth-order valence-corrected chi connectivity index (χ4v) is 3.77. The average molecular weight is 367 g/mol. The smallest absolute Gasteiger partial charge is 0.275 e. The number of hydrogen-bond acceptors (Lipinski definition) is 5. The maximum absolute atomic E-state index is 12.5. The van der Waals surface area contributed by atoms with Crippen molar-refractivity contribution in [1.29, 1.82) is 0 Å². The van der Waals surface area contributed by atoms with Crippen molar-refractivity contribution in [1.82, 2.24) is 24.5 Å². The van der Waals surface area contributed by atoms with Gasteiger partial charge in [0.05, 0.1) is 23.3 Å². The molecule has 0 bridgehead atoms.